The van der Waals surface area contributed by atoms with Gasteiger partial charge in [-0.15, -0.1) is 0 Å². The first-order chi connectivity index (χ1) is 7.52. The van der Waals surface area contributed by atoms with E-state index in [9.17, 15) is 4.79 Å². The van der Waals surface area contributed by atoms with E-state index >= 15 is 0 Å². The Morgan fingerprint density at radius 2 is 2.00 bits per heavy atom. The second kappa shape index (κ2) is 6.50. The van der Waals surface area contributed by atoms with E-state index in [4.69, 9.17) is 0 Å². The molecule has 0 aromatic carbocycles. The fraction of sp³-hybridized carbons (Fsp3) is 0.917. The van der Waals surface area contributed by atoms with E-state index < -0.39 is 0 Å². The molecule has 1 aliphatic heterocycles. The van der Waals surface area contributed by atoms with E-state index in [-0.39, 0.29) is 6.04 Å². The van der Waals surface area contributed by atoms with Crippen LogP contribution >= 0.6 is 11.8 Å². The average Bonchev–Trinajstić information content (AvgIpc) is 2.16. The van der Waals surface area contributed by atoms with Crippen LogP contribution in [0.1, 0.15) is 34.1 Å². The lowest BCUT2D eigenvalue weighted by Gasteiger charge is -2.35. The molecule has 1 saturated heterocycles. The zero-order valence-electron chi connectivity index (χ0n) is 10.8. The maximum Gasteiger partial charge on any atom is 0.224 e. The lowest BCUT2D eigenvalue weighted by atomic mass is 10.2. The Morgan fingerprint density at radius 3 is 2.50 bits per heavy atom. The number of hydrogen-bond acceptors (Lipinski definition) is 3. The lowest BCUT2D eigenvalue weighted by molar-refractivity contribution is -0.131. The second-order valence-corrected chi connectivity index (χ2v) is 6.60. The first-order valence-corrected chi connectivity index (χ1v) is 7.13. The van der Waals surface area contributed by atoms with Crippen LogP contribution in [-0.4, -0.2) is 47.0 Å². The molecule has 1 aliphatic rings. The van der Waals surface area contributed by atoms with Gasteiger partial charge in [-0.2, -0.15) is 11.8 Å². The van der Waals surface area contributed by atoms with Crippen LogP contribution in [0, 0.1) is 0 Å². The van der Waals surface area contributed by atoms with Gasteiger partial charge in [0.1, 0.15) is 0 Å². The van der Waals surface area contributed by atoms with E-state index in [2.05, 4.69) is 33.0 Å². The number of thioether (sulfide) groups is 1. The Bertz CT molecular complexity index is 225. The van der Waals surface area contributed by atoms with Gasteiger partial charge in [0, 0.05) is 36.1 Å². The molecule has 94 valence electrons. The number of nitrogens with one attached hydrogen (secondary N) is 1. The largest absolute Gasteiger partial charge is 0.340 e. The zero-order valence-corrected chi connectivity index (χ0v) is 11.6. The Hall–Kier alpha value is -0.220. The van der Waals surface area contributed by atoms with Crippen molar-refractivity contribution >= 4 is 17.7 Å². The normalized spacial score (nSPS) is 27.9. The Balaban J connectivity index is 2.40. The minimum Gasteiger partial charge on any atom is -0.340 e. The average molecular weight is 244 g/mol. The van der Waals surface area contributed by atoms with Gasteiger partial charge in [-0.1, -0.05) is 20.8 Å². The van der Waals surface area contributed by atoms with Crippen LogP contribution in [0.2, 0.25) is 0 Å². The van der Waals surface area contributed by atoms with Gasteiger partial charge in [0.25, 0.3) is 0 Å². The molecule has 1 amide bonds. The number of rotatable bonds is 4. The maximum absolute atomic E-state index is 12.1. The molecule has 16 heavy (non-hydrogen) atoms. The zero-order chi connectivity index (χ0) is 12.1. The first kappa shape index (κ1) is 13.8. The summed E-state index contributed by atoms with van der Waals surface area (Å²) in [6.45, 7) is 11.3. The molecular weight excluding hydrogens is 220 g/mol. The van der Waals surface area contributed by atoms with Crippen molar-refractivity contribution in [3.63, 3.8) is 0 Å². The molecular formula is C12H24N2OS. The van der Waals surface area contributed by atoms with Crippen LogP contribution in [0.3, 0.4) is 0 Å². The smallest absolute Gasteiger partial charge is 0.224 e. The highest BCUT2D eigenvalue weighted by atomic mass is 32.2. The fourth-order valence-electron chi connectivity index (χ4n) is 2.19. The van der Waals surface area contributed by atoms with Gasteiger partial charge in [-0.05, 0) is 13.5 Å². The summed E-state index contributed by atoms with van der Waals surface area (Å²) >= 11 is 1.98. The summed E-state index contributed by atoms with van der Waals surface area (Å²) in [4.78, 5) is 14.1. The standard InChI is InChI=1S/C12H24N2OS/c1-5-13-9(2)6-12(15)14-7-10(3)16-11(4)8-14/h9-11,13H,5-8H2,1-4H3. The quantitative estimate of drug-likeness (QED) is 0.817. The second-order valence-electron chi connectivity index (χ2n) is 4.72. The number of carbonyl (C=O) groups excluding carboxylic acids is 1. The Labute approximate surface area is 103 Å². The number of hydrogen-bond donors (Lipinski definition) is 1. The molecule has 1 N–H and O–H groups in total. The predicted molar refractivity (Wildman–Crippen MR) is 70.9 cm³/mol. The van der Waals surface area contributed by atoms with Crippen molar-refractivity contribution in [3.8, 4) is 0 Å². The van der Waals surface area contributed by atoms with Crippen molar-refractivity contribution < 1.29 is 4.79 Å². The molecule has 3 unspecified atom stereocenters. The minimum atomic E-state index is 0.290. The molecule has 0 saturated carbocycles. The van der Waals surface area contributed by atoms with E-state index in [1.807, 2.05) is 16.7 Å². The molecule has 1 rings (SSSR count). The molecule has 3 nitrogen and oxygen atoms in total. The van der Waals surface area contributed by atoms with Crippen LogP contribution in [-0.2, 0) is 4.79 Å². The van der Waals surface area contributed by atoms with E-state index in [1.165, 1.54) is 0 Å². The number of nitrogens with zero attached hydrogens (tertiary/aromatic N) is 1. The summed E-state index contributed by atoms with van der Waals surface area (Å²) in [5.74, 6) is 0.299. The summed E-state index contributed by atoms with van der Waals surface area (Å²) < 4.78 is 0. The third-order valence-corrected chi connectivity index (χ3v) is 4.03. The molecule has 4 heteroatoms. The maximum atomic E-state index is 12.1. The van der Waals surface area contributed by atoms with Crippen LogP contribution in [0.5, 0.6) is 0 Å². The van der Waals surface area contributed by atoms with Gasteiger partial charge in [-0.25, -0.2) is 0 Å². The van der Waals surface area contributed by atoms with Gasteiger partial charge in [0.2, 0.25) is 5.91 Å². The SMILES string of the molecule is CCNC(C)CC(=O)N1CC(C)SC(C)C1. The molecule has 0 spiro atoms. The summed E-state index contributed by atoms with van der Waals surface area (Å²) in [6, 6.07) is 0.290. The van der Waals surface area contributed by atoms with Gasteiger partial charge in [0.05, 0.1) is 0 Å². The number of amides is 1. The van der Waals surface area contributed by atoms with E-state index in [1.54, 1.807) is 0 Å². The van der Waals surface area contributed by atoms with Crippen LogP contribution in [0.4, 0.5) is 0 Å². The molecule has 0 radical (unpaired) electrons. The molecule has 0 aromatic rings. The third kappa shape index (κ3) is 4.34. The minimum absolute atomic E-state index is 0.290. The monoisotopic (exact) mass is 244 g/mol. The van der Waals surface area contributed by atoms with E-state index in [0.29, 0.717) is 22.8 Å². The first-order valence-electron chi connectivity index (χ1n) is 6.19. The van der Waals surface area contributed by atoms with Crippen molar-refractivity contribution in [3.05, 3.63) is 0 Å². The van der Waals surface area contributed by atoms with Crippen LogP contribution in [0.25, 0.3) is 0 Å². The molecule has 0 bridgehead atoms. The molecule has 3 atom stereocenters. The van der Waals surface area contributed by atoms with Crippen molar-refractivity contribution in [2.24, 2.45) is 0 Å². The molecule has 1 heterocycles. The Kier molecular flexibility index (Phi) is 5.62. The third-order valence-electron chi connectivity index (χ3n) is 2.81. The van der Waals surface area contributed by atoms with Crippen molar-refractivity contribution in [2.75, 3.05) is 19.6 Å². The number of carbonyl (C=O) groups is 1. The van der Waals surface area contributed by atoms with Crippen LogP contribution < -0.4 is 5.32 Å². The predicted octanol–water partition coefficient (Wildman–Crippen LogP) is 1.73. The van der Waals surface area contributed by atoms with Crippen molar-refractivity contribution in [1.29, 1.82) is 0 Å². The highest BCUT2D eigenvalue weighted by Crippen LogP contribution is 2.25. The van der Waals surface area contributed by atoms with Crippen LogP contribution in [0.15, 0.2) is 0 Å². The summed E-state index contributed by atoms with van der Waals surface area (Å²) in [7, 11) is 0. The fourth-order valence-corrected chi connectivity index (χ4v) is 3.52. The van der Waals surface area contributed by atoms with Gasteiger partial charge in [-0.3, -0.25) is 4.79 Å². The summed E-state index contributed by atoms with van der Waals surface area (Å²) in [6.07, 6.45) is 0.623. The van der Waals surface area contributed by atoms with Crippen molar-refractivity contribution in [2.45, 2.75) is 50.7 Å². The summed E-state index contributed by atoms with van der Waals surface area (Å²) in [5.41, 5.74) is 0. The topological polar surface area (TPSA) is 32.3 Å². The van der Waals surface area contributed by atoms with Gasteiger partial charge >= 0.3 is 0 Å². The van der Waals surface area contributed by atoms with Gasteiger partial charge < -0.3 is 10.2 Å². The molecule has 0 aromatic heterocycles. The molecule has 1 fully saturated rings. The lowest BCUT2D eigenvalue weighted by Crippen LogP contribution is -2.45. The highest BCUT2D eigenvalue weighted by molar-refractivity contribution is 8.00. The van der Waals surface area contributed by atoms with E-state index in [0.717, 1.165) is 19.6 Å². The van der Waals surface area contributed by atoms with Crippen molar-refractivity contribution in [1.82, 2.24) is 10.2 Å². The molecule has 0 aliphatic carbocycles. The summed E-state index contributed by atoms with van der Waals surface area (Å²) in [5, 5.41) is 4.43. The highest BCUT2D eigenvalue weighted by Gasteiger charge is 2.26. The van der Waals surface area contributed by atoms with Gasteiger partial charge in [0.15, 0.2) is 0 Å². The Morgan fingerprint density at radius 1 is 1.44 bits per heavy atom.